The number of aryl methyl sites for hydroxylation is 1. The standard InChI is InChI=1S/C22H28N2O4/c1-4-26-20-11-10-18(14-21(20)27-5-2)12-13-23-22(25)16-28-24-15-19-9-7-6-8-17(19)3/h6-11,14-15H,4-5,12-13,16H2,1-3H3,(H,23,25)/b24-15+. The summed E-state index contributed by atoms with van der Waals surface area (Å²) in [7, 11) is 0. The van der Waals surface area contributed by atoms with E-state index in [4.69, 9.17) is 14.3 Å². The average molecular weight is 384 g/mol. The number of ether oxygens (including phenoxy) is 2. The number of hydrogen-bond donors (Lipinski definition) is 1. The highest BCUT2D eigenvalue weighted by Gasteiger charge is 2.07. The summed E-state index contributed by atoms with van der Waals surface area (Å²) < 4.78 is 11.2. The van der Waals surface area contributed by atoms with Gasteiger partial charge in [0.15, 0.2) is 18.1 Å². The van der Waals surface area contributed by atoms with Crippen LogP contribution in [0.3, 0.4) is 0 Å². The zero-order valence-electron chi connectivity index (χ0n) is 16.7. The van der Waals surface area contributed by atoms with E-state index in [9.17, 15) is 4.79 Å². The fourth-order valence-corrected chi connectivity index (χ4v) is 2.57. The second-order valence-electron chi connectivity index (χ2n) is 6.11. The quantitative estimate of drug-likeness (QED) is 0.476. The van der Waals surface area contributed by atoms with Crippen LogP contribution >= 0.6 is 0 Å². The molecule has 0 aromatic heterocycles. The number of carbonyl (C=O) groups is 1. The zero-order chi connectivity index (χ0) is 20.2. The molecule has 0 saturated carbocycles. The summed E-state index contributed by atoms with van der Waals surface area (Å²) >= 11 is 0. The van der Waals surface area contributed by atoms with E-state index in [1.807, 2.05) is 63.2 Å². The predicted octanol–water partition coefficient (Wildman–Crippen LogP) is 3.50. The summed E-state index contributed by atoms with van der Waals surface area (Å²) in [4.78, 5) is 16.9. The van der Waals surface area contributed by atoms with Crippen molar-refractivity contribution in [3.63, 3.8) is 0 Å². The molecule has 0 bridgehead atoms. The van der Waals surface area contributed by atoms with Crippen LogP contribution in [0.5, 0.6) is 11.5 Å². The van der Waals surface area contributed by atoms with Gasteiger partial charge >= 0.3 is 0 Å². The summed E-state index contributed by atoms with van der Waals surface area (Å²) in [5.41, 5.74) is 3.12. The Balaban J connectivity index is 1.74. The Kier molecular flexibility index (Phi) is 8.85. The van der Waals surface area contributed by atoms with Crippen LogP contribution in [0.1, 0.15) is 30.5 Å². The average Bonchev–Trinajstić information content (AvgIpc) is 2.69. The lowest BCUT2D eigenvalue weighted by Gasteiger charge is -2.12. The lowest BCUT2D eigenvalue weighted by atomic mass is 10.1. The van der Waals surface area contributed by atoms with Crippen molar-refractivity contribution in [1.82, 2.24) is 5.32 Å². The van der Waals surface area contributed by atoms with E-state index in [0.717, 1.165) is 28.2 Å². The van der Waals surface area contributed by atoms with E-state index < -0.39 is 0 Å². The second kappa shape index (κ2) is 11.6. The number of benzene rings is 2. The molecule has 0 spiro atoms. The van der Waals surface area contributed by atoms with Crippen LogP contribution in [0.15, 0.2) is 47.6 Å². The van der Waals surface area contributed by atoms with Crippen molar-refractivity contribution >= 4 is 12.1 Å². The van der Waals surface area contributed by atoms with Crippen LogP contribution in [0.2, 0.25) is 0 Å². The summed E-state index contributed by atoms with van der Waals surface area (Å²) in [6.07, 6.45) is 2.29. The first-order chi connectivity index (χ1) is 13.6. The Bertz CT molecular complexity index is 790. The van der Waals surface area contributed by atoms with Gasteiger partial charge in [0.1, 0.15) is 0 Å². The molecule has 6 heteroatoms. The van der Waals surface area contributed by atoms with E-state index in [1.54, 1.807) is 6.21 Å². The molecule has 150 valence electrons. The molecule has 1 N–H and O–H groups in total. The van der Waals surface area contributed by atoms with Gasteiger partial charge in [0.25, 0.3) is 5.91 Å². The molecule has 2 aromatic rings. The highest BCUT2D eigenvalue weighted by atomic mass is 16.6. The molecule has 0 aliphatic carbocycles. The van der Waals surface area contributed by atoms with Gasteiger partial charge in [-0.3, -0.25) is 4.79 Å². The monoisotopic (exact) mass is 384 g/mol. The number of nitrogens with zero attached hydrogens (tertiary/aromatic N) is 1. The van der Waals surface area contributed by atoms with Crippen LogP contribution in [0, 0.1) is 6.92 Å². The van der Waals surface area contributed by atoms with Crippen molar-refractivity contribution in [3.8, 4) is 11.5 Å². The van der Waals surface area contributed by atoms with Gasteiger partial charge in [-0.1, -0.05) is 35.5 Å². The Morgan fingerprint density at radius 2 is 1.82 bits per heavy atom. The van der Waals surface area contributed by atoms with Crippen molar-refractivity contribution < 1.29 is 19.1 Å². The Labute approximate surface area is 166 Å². The summed E-state index contributed by atoms with van der Waals surface area (Å²) in [5.74, 6) is 1.25. The minimum Gasteiger partial charge on any atom is -0.490 e. The van der Waals surface area contributed by atoms with Crippen molar-refractivity contribution in [2.75, 3.05) is 26.4 Å². The van der Waals surface area contributed by atoms with Crippen LogP contribution in [-0.2, 0) is 16.1 Å². The minimum atomic E-state index is -0.210. The maximum Gasteiger partial charge on any atom is 0.260 e. The second-order valence-corrected chi connectivity index (χ2v) is 6.11. The molecule has 0 fully saturated rings. The van der Waals surface area contributed by atoms with Gasteiger partial charge < -0.3 is 19.6 Å². The molecule has 1 amide bonds. The SMILES string of the molecule is CCOc1ccc(CCNC(=O)CO/N=C/c2ccccc2C)cc1OCC. The number of amides is 1. The molecule has 0 aliphatic heterocycles. The molecule has 0 aliphatic rings. The molecule has 0 saturated heterocycles. The fraction of sp³-hybridized carbons (Fsp3) is 0.364. The Morgan fingerprint density at radius 1 is 1.07 bits per heavy atom. The van der Waals surface area contributed by atoms with Crippen LogP contribution in [-0.4, -0.2) is 38.5 Å². The van der Waals surface area contributed by atoms with Crippen molar-refractivity contribution in [2.24, 2.45) is 5.16 Å². The van der Waals surface area contributed by atoms with Gasteiger partial charge in [0, 0.05) is 6.54 Å². The lowest BCUT2D eigenvalue weighted by Crippen LogP contribution is -2.28. The third-order valence-electron chi connectivity index (χ3n) is 3.99. The zero-order valence-corrected chi connectivity index (χ0v) is 16.7. The molecule has 2 rings (SSSR count). The molecular formula is C22H28N2O4. The van der Waals surface area contributed by atoms with Gasteiger partial charge in [-0.25, -0.2) is 0 Å². The van der Waals surface area contributed by atoms with Crippen molar-refractivity contribution in [1.29, 1.82) is 0 Å². The molecule has 0 atom stereocenters. The molecule has 0 radical (unpaired) electrons. The molecule has 2 aromatic carbocycles. The Morgan fingerprint density at radius 3 is 2.57 bits per heavy atom. The van der Waals surface area contributed by atoms with Gasteiger partial charge in [-0.15, -0.1) is 0 Å². The summed E-state index contributed by atoms with van der Waals surface area (Å²) in [6.45, 7) is 7.41. The fourth-order valence-electron chi connectivity index (χ4n) is 2.57. The molecule has 6 nitrogen and oxygen atoms in total. The topological polar surface area (TPSA) is 69.2 Å². The van der Waals surface area contributed by atoms with E-state index in [1.165, 1.54) is 0 Å². The van der Waals surface area contributed by atoms with E-state index in [-0.39, 0.29) is 12.5 Å². The van der Waals surface area contributed by atoms with Crippen LogP contribution < -0.4 is 14.8 Å². The maximum absolute atomic E-state index is 11.9. The van der Waals surface area contributed by atoms with Gasteiger partial charge in [0.05, 0.1) is 19.4 Å². The highest BCUT2D eigenvalue weighted by molar-refractivity contribution is 5.81. The smallest absolute Gasteiger partial charge is 0.260 e. The van der Waals surface area contributed by atoms with Crippen LogP contribution in [0.25, 0.3) is 0 Å². The molecule has 0 unspecified atom stereocenters. The van der Waals surface area contributed by atoms with Gasteiger partial charge in [0.2, 0.25) is 0 Å². The van der Waals surface area contributed by atoms with Gasteiger partial charge in [-0.2, -0.15) is 0 Å². The maximum atomic E-state index is 11.9. The van der Waals surface area contributed by atoms with Crippen molar-refractivity contribution in [2.45, 2.75) is 27.2 Å². The largest absolute Gasteiger partial charge is 0.490 e. The minimum absolute atomic E-state index is 0.115. The molecular weight excluding hydrogens is 356 g/mol. The molecule has 0 heterocycles. The summed E-state index contributed by atoms with van der Waals surface area (Å²) in [6, 6.07) is 13.6. The van der Waals surface area contributed by atoms with E-state index in [2.05, 4.69) is 10.5 Å². The number of rotatable bonds is 11. The summed E-state index contributed by atoms with van der Waals surface area (Å²) in [5, 5.41) is 6.67. The normalized spacial score (nSPS) is 10.7. The van der Waals surface area contributed by atoms with Crippen LogP contribution in [0.4, 0.5) is 0 Å². The highest BCUT2D eigenvalue weighted by Crippen LogP contribution is 2.28. The van der Waals surface area contributed by atoms with E-state index >= 15 is 0 Å². The number of nitrogens with one attached hydrogen (secondary N) is 1. The van der Waals surface area contributed by atoms with E-state index in [0.29, 0.717) is 26.2 Å². The third kappa shape index (κ3) is 6.95. The van der Waals surface area contributed by atoms with Gasteiger partial charge in [-0.05, 0) is 56.0 Å². The van der Waals surface area contributed by atoms with Crippen molar-refractivity contribution in [3.05, 3.63) is 59.2 Å². The number of hydrogen-bond acceptors (Lipinski definition) is 5. The third-order valence-corrected chi connectivity index (χ3v) is 3.99. The Hall–Kier alpha value is -3.02. The number of carbonyl (C=O) groups excluding carboxylic acids is 1. The first-order valence-corrected chi connectivity index (χ1v) is 9.50. The lowest BCUT2D eigenvalue weighted by molar-refractivity contribution is -0.125. The number of oxime groups is 1. The first-order valence-electron chi connectivity index (χ1n) is 9.50. The first kappa shape index (κ1) is 21.3. The predicted molar refractivity (Wildman–Crippen MR) is 110 cm³/mol. The molecule has 28 heavy (non-hydrogen) atoms.